The first-order valence-corrected chi connectivity index (χ1v) is 4.82. The average Bonchev–Trinajstić information content (AvgIpc) is 1.96. The highest BCUT2D eigenvalue weighted by Crippen LogP contribution is 2.42. The molecule has 1 rings (SSSR count). The molecule has 13 heavy (non-hydrogen) atoms. The number of rotatable bonds is 2. The van der Waals surface area contributed by atoms with Gasteiger partial charge in [-0.25, -0.2) is 0 Å². The fraction of sp³-hybridized carbons (Fsp3) is 0.727. The Bertz CT molecular complexity index is 238. The number of hydrogen-bond acceptors (Lipinski definition) is 1. The average molecular weight is 182 g/mol. The van der Waals surface area contributed by atoms with Crippen molar-refractivity contribution in [2.24, 2.45) is 11.3 Å². The molecule has 0 saturated heterocycles. The zero-order valence-electron chi connectivity index (χ0n) is 8.63. The van der Waals surface area contributed by atoms with E-state index in [0.29, 0.717) is 0 Å². The number of carboxylic acids is 1. The molecule has 0 aromatic carbocycles. The predicted octanol–water partition coefficient (Wildman–Crippen LogP) is 2.84. The van der Waals surface area contributed by atoms with Gasteiger partial charge in [-0.15, -0.1) is 0 Å². The Morgan fingerprint density at radius 1 is 1.69 bits per heavy atom. The molecular formula is C11H18O2. The lowest BCUT2D eigenvalue weighted by Gasteiger charge is -2.37. The van der Waals surface area contributed by atoms with Gasteiger partial charge in [-0.2, -0.15) is 0 Å². The number of carboxylic acid groups (broad SMARTS) is 1. The predicted molar refractivity (Wildman–Crippen MR) is 52.5 cm³/mol. The molecule has 0 fully saturated rings. The Balaban J connectivity index is 2.81. The summed E-state index contributed by atoms with van der Waals surface area (Å²) in [6.45, 7) is 6.38. The quantitative estimate of drug-likeness (QED) is 0.667. The molecule has 0 aromatic heterocycles. The zero-order chi connectivity index (χ0) is 10.1. The fourth-order valence-electron chi connectivity index (χ4n) is 2.22. The van der Waals surface area contributed by atoms with Crippen molar-refractivity contribution in [3.8, 4) is 0 Å². The second-order valence-corrected chi connectivity index (χ2v) is 4.63. The lowest BCUT2D eigenvalue weighted by atomic mass is 9.67. The summed E-state index contributed by atoms with van der Waals surface area (Å²) >= 11 is 0. The summed E-state index contributed by atoms with van der Waals surface area (Å²) in [5.41, 5.74) is 1.40. The SMILES string of the molecule is CC1=CCCC(C)(C)[C@H]1CC(=O)O. The fourth-order valence-corrected chi connectivity index (χ4v) is 2.22. The molecule has 0 aliphatic heterocycles. The van der Waals surface area contributed by atoms with E-state index in [4.69, 9.17) is 5.11 Å². The maximum Gasteiger partial charge on any atom is 0.303 e. The van der Waals surface area contributed by atoms with Gasteiger partial charge in [0.2, 0.25) is 0 Å². The highest BCUT2D eigenvalue weighted by molar-refractivity contribution is 5.67. The molecule has 0 amide bonds. The molecule has 0 saturated carbocycles. The molecule has 1 aliphatic carbocycles. The van der Waals surface area contributed by atoms with E-state index < -0.39 is 5.97 Å². The minimum atomic E-state index is -0.687. The van der Waals surface area contributed by atoms with Gasteiger partial charge in [-0.05, 0) is 31.1 Å². The third kappa shape index (κ3) is 2.33. The largest absolute Gasteiger partial charge is 0.481 e. The van der Waals surface area contributed by atoms with Crippen molar-refractivity contribution in [1.29, 1.82) is 0 Å². The highest BCUT2D eigenvalue weighted by atomic mass is 16.4. The van der Waals surface area contributed by atoms with Crippen molar-refractivity contribution in [3.05, 3.63) is 11.6 Å². The summed E-state index contributed by atoms with van der Waals surface area (Å²) in [5, 5.41) is 8.79. The van der Waals surface area contributed by atoms with Crippen LogP contribution in [-0.4, -0.2) is 11.1 Å². The Morgan fingerprint density at radius 2 is 2.31 bits per heavy atom. The summed E-state index contributed by atoms with van der Waals surface area (Å²) in [7, 11) is 0. The topological polar surface area (TPSA) is 37.3 Å². The van der Waals surface area contributed by atoms with Crippen molar-refractivity contribution in [2.75, 3.05) is 0 Å². The summed E-state index contributed by atoms with van der Waals surface area (Å²) in [4.78, 5) is 10.7. The Morgan fingerprint density at radius 3 is 2.77 bits per heavy atom. The van der Waals surface area contributed by atoms with Crippen LogP contribution in [-0.2, 0) is 4.79 Å². The van der Waals surface area contributed by atoms with Crippen molar-refractivity contribution in [1.82, 2.24) is 0 Å². The summed E-state index contributed by atoms with van der Waals surface area (Å²) in [6, 6.07) is 0. The lowest BCUT2D eigenvalue weighted by molar-refractivity contribution is -0.138. The minimum absolute atomic E-state index is 0.150. The molecule has 74 valence electrons. The molecule has 0 spiro atoms. The number of hydrogen-bond donors (Lipinski definition) is 1. The molecule has 0 radical (unpaired) electrons. The Labute approximate surface area is 79.6 Å². The first-order valence-electron chi connectivity index (χ1n) is 4.82. The minimum Gasteiger partial charge on any atom is -0.481 e. The van der Waals surface area contributed by atoms with E-state index in [1.165, 1.54) is 5.57 Å². The van der Waals surface area contributed by atoms with Gasteiger partial charge < -0.3 is 5.11 Å². The lowest BCUT2D eigenvalue weighted by Crippen LogP contribution is -2.29. The Kier molecular flexibility index (Phi) is 2.79. The molecule has 0 heterocycles. The summed E-state index contributed by atoms with van der Waals surface area (Å²) < 4.78 is 0. The molecule has 0 unspecified atom stereocenters. The second-order valence-electron chi connectivity index (χ2n) is 4.63. The van der Waals surface area contributed by atoms with Crippen LogP contribution >= 0.6 is 0 Å². The van der Waals surface area contributed by atoms with E-state index in [-0.39, 0.29) is 17.8 Å². The van der Waals surface area contributed by atoms with Gasteiger partial charge in [-0.1, -0.05) is 25.5 Å². The maximum absolute atomic E-state index is 10.7. The van der Waals surface area contributed by atoms with E-state index in [1.807, 2.05) is 0 Å². The smallest absolute Gasteiger partial charge is 0.303 e. The number of carbonyl (C=O) groups is 1. The van der Waals surface area contributed by atoms with Crippen LogP contribution in [0.5, 0.6) is 0 Å². The summed E-state index contributed by atoms with van der Waals surface area (Å²) in [5.74, 6) is -0.466. The Hall–Kier alpha value is -0.790. The van der Waals surface area contributed by atoms with Gasteiger partial charge in [0.05, 0.1) is 6.42 Å². The van der Waals surface area contributed by atoms with Crippen molar-refractivity contribution in [3.63, 3.8) is 0 Å². The van der Waals surface area contributed by atoms with Crippen LogP contribution in [0, 0.1) is 11.3 Å². The van der Waals surface area contributed by atoms with E-state index >= 15 is 0 Å². The van der Waals surface area contributed by atoms with Gasteiger partial charge in [0.15, 0.2) is 0 Å². The van der Waals surface area contributed by atoms with Crippen molar-refractivity contribution >= 4 is 5.97 Å². The van der Waals surface area contributed by atoms with E-state index in [2.05, 4.69) is 26.8 Å². The highest BCUT2D eigenvalue weighted by Gasteiger charge is 2.33. The molecule has 2 heteroatoms. The maximum atomic E-state index is 10.7. The van der Waals surface area contributed by atoms with Crippen LogP contribution in [0.4, 0.5) is 0 Å². The standard InChI is InChI=1S/C11H18O2/c1-8-5-4-6-11(2,3)9(8)7-10(12)13/h5,9H,4,6-7H2,1-3H3,(H,12,13)/t9-/m0/s1. The van der Waals surface area contributed by atoms with Crippen LogP contribution in [0.15, 0.2) is 11.6 Å². The van der Waals surface area contributed by atoms with Gasteiger partial charge >= 0.3 is 5.97 Å². The van der Waals surface area contributed by atoms with Crippen LogP contribution in [0.1, 0.15) is 40.0 Å². The van der Waals surface area contributed by atoms with Crippen molar-refractivity contribution < 1.29 is 9.90 Å². The third-order valence-electron chi connectivity index (χ3n) is 3.13. The van der Waals surface area contributed by atoms with Gasteiger partial charge in [0.1, 0.15) is 0 Å². The zero-order valence-corrected chi connectivity index (χ0v) is 8.63. The van der Waals surface area contributed by atoms with Crippen LogP contribution < -0.4 is 0 Å². The van der Waals surface area contributed by atoms with E-state index in [9.17, 15) is 4.79 Å². The van der Waals surface area contributed by atoms with Gasteiger partial charge in [-0.3, -0.25) is 4.79 Å². The van der Waals surface area contributed by atoms with Gasteiger partial charge in [0, 0.05) is 0 Å². The van der Waals surface area contributed by atoms with Crippen LogP contribution in [0.2, 0.25) is 0 Å². The molecular weight excluding hydrogens is 164 g/mol. The number of aliphatic carboxylic acids is 1. The van der Waals surface area contributed by atoms with Gasteiger partial charge in [0.25, 0.3) is 0 Å². The monoisotopic (exact) mass is 182 g/mol. The molecule has 1 atom stereocenters. The molecule has 1 N–H and O–H groups in total. The molecule has 0 aromatic rings. The number of allylic oxidation sites excluding steroid dienone is 2. The molecule has 2 nitrogen and oxygen atoms in total. The molecule has 1 aliphatic rings. The van der Waals surface area contributed by atoms with E-state index in [1.54, 1.807) is 0 Å². The first-order chi connectivity index (χ1) is 5.93. The van der Waals surface area contributed by atoms with E-state index in [0.717, 1.165) is 12.8 Å². The normalized spacial score (nSPS) is 26.7. The third-order valence-corrected chi connectivity index (χ3v) is 3.13. The first kappa shape index (κ1) is 10.3. The molecule has 0 bridgehead atoms. The van der Waals surface area contributed by atoms with Crippen molar-refractivity contribution in [2.45, 2.75) is 40.0 Å². The second kappa shape index (κ2) is 3.52. The van der Waals surface area contributed by atoms with Crippen LogP contribution in [0.25, 0.3) is 0 Å². The summed E-state index contributed by atoms with van der Waals surface area (Å²) in [6.07, 6.45) is 4.64. The van der Waals surface area contributed by atoms with Crippen LogP contribution in [0.3, 0.4) is 0 Å².